The summed E-state index contributed by atoms with van der Waals surface area (Å²) in [6.07, 6.45) is 3.71. The Labute approximate surface area is 116 Å². The SMILES string of the molecule is Cc1ccc(O[C@H]2CCN(C(=O)c3ccoc3)C2)nn1. The highest BCUT2D eigenvalue weighted by atomic mass is 16.5. The number of aromatic nitrogens is 2. The zero-order valence-electron chi connectivity index (χ0n) is 11.2. The van der Waals surface area contributed by atoms with Crippen molar-refractivity contribution >= 4 is 5.91 Å². The lowest BCUT2D eigenvalue weighted by Crippen LogP contribution is -2.30. The average molecular weight is 273 g/mol. The predicted octanol–water partition coefficient (Wildman–Crippen LogP) is 1.67. The summed E-state index contributed by atoms with van der Waals surface area (Å²) in [7, 11) is 0. The van der Waals surface area contributed by atoms with Gasteiger partial charge in [0.2, 0.25) is 5.88 Å². The van der Waals surface area contributed by atoms with Gasteiger partial charge < -0.3 is 14.1 Å². The van der Waals surface area contributed by atoms with Crippen LogP contribution in [-0.4, -0.2) is 40.2 Å². The van der Waals surface area contributed by atoms with E-state index in [0.717, 1.165) is 12.1 Å². The van der Waals surface area contributed by atoms with E-state index in [9.17, 15) is 4.79 Å². The number of aryl methyl sites for hydroxylation is 1. The number of rotatable bonds is 3. The van der Waals surface area contributed by atoms with Gasteiger partial charge in [-0.05, 0) is 19.1 Å². The van der Waals surface area contributed by atoms with E-state index < -0.39 is 0 Å². The Bertz CT molecular complexity index is 580. The summed E-state index contributed by atoms with van der Waals surface area (Å²) in [5.74, 6) is 0.470. The van der Waals surface area contributed by atoms with Crippen molar-refractivity contribution in [3.05, 3.63) is 42.0 Å². The van der Waals surface area contributed by atoms with Gasteiger partial charge in [-0.3, -0.25) is 4.79 Å². The molecular formula is C14H15N3O3. The van der Waals surface area contributed by atoms with Gasteiger partial charge in [0.05, 0.1) is 24.1 Å². The van der Waals surface area contributed by atoms with E-state index in [1.807, 2.05) is 13.0 Å². The summed E-state index contributed by atoms with van der Waals surface area (Å²) in [5.41, 5.74) is 1.42. The fourth-order valence-electron chi connectivity index (χ4n) is 2.20. The zero-order chi connectivity index (χ0) is 13.9. The van der Waals surface area contributed by atoms with Crippen molar-refractivity contribution in [1.29, 1.82) is 0 Å². The quantitative estimate of drug-likeness (QED) is 0.851. The maximum Gasteiger partial charge on any atom is 0.257 e. The summed E-state index contributed by atoms with van der Waals surface area (Å²) >= 11 is 0. The number of hydrogen-bond acceptors (Lipinski definition) is 5. The summed E-state index contributed by atoms with van der Waals surface area (Å²) in [6.45, 7) is 3.10. The monoisotopic (exact) mass is 273 g/mol. The molecule has 0 aromatic carbocycles. The molecule has 1 fully saturated rings. The maximum atomic E-state index is 12.1. The Balaban J connectivity index is 1.59. The third kappa shape index (κ3) is 2.64. The molecule has 0 radical (unpaired) electrons. The van der Waals surface area contributed by atoms with E-state index in [1.165, 1.54) is 12.5 Å². The second-order valence-electron chi connectivity index (χ2n) is 4.80. The molecule has 104 valence electrons. The van der Waals surface area contributed by atoms with Crippen LogP contribution in [-0.2, 0) is 0 Å². The molecule has 3 heterocycles. The molecule has 1 atom stereocenters. The largest absolute Gasteiger partial charge is 0.472 e. The van der Waals surface area contributed by atoms with E-state index in [4.69, 9.17) is 9.15 Å². The maximum absolute atomic E-state index is 12.1. The molecule has 6 heteroatoms. The summed E-state index contributed by atoms with van der Waals surface area (Å²) in [5, 5.41) is 7.92. The molecule has 3 rings (SSSR count). The molecule has 0 N–H and O–H groups in total. The highest BCUT2D eigenvalue weighted by molar-refractivity contribution is 5.94. The van der Waals surface area contributed by atoms with Gasteiger partial charge in [-0.15, -0.1) is 5.10 Å². The number of carbonyl (C=O) groups is 1. The highest BCUT2D eigenvalue weighted by Gasteiger charge is 2.28. The van der Waals surface area contributed by atoms with Crippen LogP contribution in [0.3, 0.4) is 0 Å². The van der Waals surface area contributed by atoms with Crippen molar-refractivity contribution in [2.45, 2.75) is 19.4 Å². The molecule has 2 aromatic rings. The van der Waals surface area contributed by atoms with Crippen LogP contribution in [0.1, 0.15) is 22.5 Å². The number of likely N-dealkylation sites (tertiary alicyclic amines) is 1. The van der Waals surface area contributed by atoms with Gasteiger partial charge in [-0.2, -0.15) is 5.10 Å². The van der Waals surface area contributed by atoms with Gasteiger partial charge >= 0.3 is 0 Å². The minimum absolute atomic E-state index is 0.0279. The van der Waals surface area contributed by atoms with Crippen molar-refractivity contribution in [2.75, 3.05) is 13.1 Å². The summed E-state index contributed by atoms with van der Waals surface area (Å²) in [6, 6.07) is 5.32. The van der Waals surface area contributed by atoms with Crippen LogP contribution in [0.2, 0.25) is 0 Å². The van der Waals surface area contributed by atoms with Gasteiger partial charge in [-0.1, -0.05) is 0 Å². The zero-order valence-corrected chi connectivity index (χ0v) is 11.2. The fourth-order valence-corrected chi connectivity index (χ4v) is 2.20. The first-order valence-corrected chi connectivity index (χ1v) is 6.51. The number of hydrogen-bond donors (Lipinski definition) is 0. The topological polar surface area (TPSA) is 68.5 Å². The summed E-state index contributed by atoms with van der Waals surface area (Å²) in [4.78, 5) is 13.9. The minimum Gasteiger partial charge on any atom is -0.472 e. The van der Waals surface area contributed by atoms with E-state index in [-0.39, 0.29) is 12.0 Å². The van der Waals surface area contributed by atoms with E-state index in [0.29, 0.717) is 24.5 Å². The first-order valence-electron chi connectivity index (χ1n) is 6.51. The second kappa shape index (κ2) is 5.32. The Kier molecular flexibility index (Phi) is 3.37. The van der Waals surface area contributed by atoms with Crippen LogP contribution in [0.25, 0.3) is 0 Å². The Morgan fingerprint density at radius 3 is 3.00 bits per heavy atom. The minimum atomic E-state index is -0.0390. The first kappa shape index (κ1) is 12.7. The molecule has 1 aliphatic rings. The lowest BCUT2D eigenvalue weighted by molar-refractivity contribution is 0.0770. The predicted molar refractivity (Wildman–Crippen MR) is 70.4 cm³/mol. The fraction of sp³-hybridized carbons (Fsp3) is 0.357. The molecule has 1 aliphatic heterocycles. The van der Waals surface area contributed by atoms with Gasteiger partial charge in [0.15, 0.2) is 0 Å². The number of furan rings is 1. The van der Waals surface area contributed by atoms with Gasteiger partial charge in [0, 0.05) is 19.0 Å². The van der Waals surface area contributed by atoms with Crippen molar-refractivity contribution < 1.29 is 13.9 Å². The lowest BCUT2D eigenvalue weighted by Gasteiger charge is -2.15. The molecule has 2 aromatic heterocycles. The van der Waals surface area contributed by atoms with Gasteiger partial charge in [0.1, 0.15) is 12.4 Å². The lowest BCUT2D eigenvalue weighted by atomic mass is 10.3. The van der Waals surface area contributed by atoms with E-state index in [2.05, 4.69) is 10.2 Å². The Morgan fingerprint density at radius 1 is 1.40 bits per heavy atom. The number of amides is 1. The number of ether oxygens (including phenoxy) is 1. The van der Waals surface area contributed by atoms with Crippen LogP contribution in [0.5, 0.6) is 5.88 Å². The van der Waals surface area contributed by atoms with E-state index >= 15 is 0 Å². The third-order valence-corrected chi connectivity index (χ3v) is 3.26. The third-order valence-electron chi connectivity index (χ3n) is 3.26. The average Bonchev–Trinajstić information content (AvgIpc) is 3.12. The Hall–Kier alpha value is -2.37. The molecule has 6 nitrogen and oxygen atoms in total. The molecule has 0 aliphatic carbocycles. The standard InChI is InChI=1S/C14H15N3O3/c1-10-2-3-13(16-15-10)20-12-4-6-17(8-12)14(18)11-5-7-19-9-11/h2-3,5,7,9,12H,4,6,8H2,1H3/t12-/m0/s1. The molecule has 0 bridgehead atoms. The van der Waals surface area contributed by atoms with Crippen LogP contribution in [0, 0.1) is 6.92 Å². The molecule has 0 saturated carbocycles. The Morgan fingerprint density at radius 2 is 2.30 bits per heavy atom. The van der Waals surface area contributed by atoms with Crippen molar-refractivity contribution in [2.24, 2.45) is 0 Å². The van der Waals surface area contributed by atoms with Crippen molar-refractivity contribution in [3.63, 3.8) is 0 Å². The molecule has 1 saturated heterocycles. The molecule has 1 amide bonds. The number of nitrogens with zero attached hydrogens (tertiary/aromatic N) is 3. The summed E-state index contributed by atoms with van der Waals surface area (Å²) < 4.78 is 10.7. The van der Waals surface area contributed by atoms with Gasteiger partial charge in [-0.25, -0.2) is 0 Å². The van der Waals surface area contributed by atoms with Crippen LogP contribution >= 0.6 is 0 Å². The molecule has 20 heavy (non-hydrogen) atoms. The van der Waals surface area contributed by atoms with E-state index in [1.54, 1.807) is 17.0 Å². The van der Waals surface area contributed by atoms with Crippen molar-refractivity contribution in [3.8, 4) is 5.88 Å². The highest BCUT2D eigenvalue weighted by Crippen LogP contribution is 2.18. The molecular weight excluding hydrogens is 258 g/mol. The van der Waals surface area contributed by atoms with Gasteiger partial charge in [0.25, 0.3) is 5.91 Å². The normalized spacial score (nSPS) is 18.2. The van der Waals surface area contributed by atoms with Crippen molar-refractivity contribution in [1.82, 2.24) is 15.1 Å². The first-order chi connectivity index (χ1) is 9.72. The van der Waals surface area contributed by atoms with Crippen LogP contribution in [0.15, 0.2) is 35.1 Å². The molecule has 0 unspecified atom stereocenters. The van der Waals surface area contributed by atoms with Crippen LogP contribution < -0.4 is 4.74 Å². The van der Waals surface area contributed by atoms with Crippen LogP contribution in [0.4, 0.5) is 0 Å². The molecule has 0 spiro atoms. The smallest absolute Gasteiger partial charge is 0.257 e. The number of carbonyl (C=O) groups excluding carboxylic acids is 1. The second-order valence-corrected chi connectivity index (χ2v) is 4.80.